The summed E-state index contributed by atoms with van der Waals surface area (Å²) in [6.45, 7) is 4.26. The molecule has 0 radical (unpaired) electrons. The second-order valence-electron chi connectivity index (χ2n) is 5.24. The van der Waals surface area contributed by atoms with Crippen molar-refractivity contribution in [3.8, 4) is 0 Å². The van der Waals surface area contributed by atoms with Crippen molar-refractivity contribution < 1.29 is 0 Å². The molecule has 0 aromatic carbocycles. The van der Waals surface area contributed by atoms with Gasteiger partial charge in [-0.15, -0.1) is 32.9 Å². The Morgan fingerprint density at radius 2 is 2.35 bits per heavy atom. The van der Waals surface area contributed by atoms with Gasteiger partial charge in [-0.2, -0.15) is 0 Å². The van der Waals surface area contributed by atoms with Crippen LogP contribution in [0.5, 0.6) is 0 Å². The first-order chi connectivity index (χ1) is 9.88. The molecule has 3 rings (SSSR count). The third-order valence-electron chi connectivity index (χ3n) is 3.83. The zero-order valence-electron chi connectivity index (χ0n) is 11.9. The number of aromatic nitrogens is 2. The van der Waals surface area contributed by atoms with Gasteiger partial charge in [0.2, 0.25) is 0 Å². The fraction of sp³-hybridized carbons (Fsp3) is 0.600. The van der Waals surface area contributed by atoms with Gasteiger partial charge >= 0.3 is 0 Å². The highest BCUT2D eigenvalue weighted by atomic mass is 32.1. The summed E-state index contributed by atoms with van der Waals surface area (Å²) in [5.74, 6) is 0.505. The molecular weight excluding hydrogens is 286 g/mol. The van der Waals surface area contributed by atoms with Crippen molar-refractivity contribution in [3.05, 3.63) is 31.9 Å². The monoisotopic (exact) mass is 307 g/mol. The Balaban J connectivity index is 1.66. The van der Waals surface area contributed by atoms with Crippen LogP contribution in [0.1, 0.15) is 52.6 Å². The smallest absolute Gasteiger partial charge is 0.124 e. The van der Waals surface area contributed by atoms with E-state index in [0.717, 1.165) is 25.9 Å². The Kier molecular flexibility index (Phi) is 4.81. The second kappa shape index (κ2) is 6.78. The molecule has 1 aliphatic carbocycles. The molecule has 3 nitrogen and oxygen atoms in total. The molecule has 2 aromatic heterocycles. The largest absolute Gasteiger partial charge is 0.317 e. The summed E-state index contributed by atoms with van der Waals surface area (Å²) in [5, 5.41) is 16.9. The van der Waals surface area contributed by atoms with Crippen LogP contribution in [0.25, 0.3) is 0 Å². The van der Waals surface area contributed by atoms with Crippen molar-refractivity contribution in [2.45, 2.75) is 44.9 Å². The number of thiophene rings is 1. The molecule has 0 fully saturated rings. The van der Waals surface area contributed by atoms with Crippen molar-refractivity contribution in [3.63, 3.8) is 0 Å². The normalized spacial score (nSPS) is 18.1. The molecule has 0 bridgehead atoms. The molecule has 1 unspecified atom stereocenters. The molecule has 1 atom stereocenters. The van der Waals surface area contributed by atoms with E-state index in [9.17, 15) is 0 Å². The summed E-state index contributed by atoms with van der Waals surface area (Å²) in [6.07, 6.45) is 5.96. The predicted molar refractivity (Wildman–Crippen MR) is 85.9 cm³/mol. The van der Waals surface area contributed by atoms with E-state index in [1.165, 1.54) is 34.8 Å². The third kappa shape index (κ3) is 3.10. The van der Waals surface area contributed by atoms with E-state index in [-0.39, 0.29) is 0 Å². The van der Waals surface area contributed by atoms with E-state index in [1.807, 2.05) is 22.7 Å². The van der Waals surface area contributed by atoms with E-state index in [2.05, 4.69) is 33.9 Å². The molecule has 2 aromatic rings. The van der Waals surface area contributed by atoms with Gasteiger partial charge in [-0.1, -0.05) is 6.92 Å². The van der Waals surface area contributed by atoms with Crippen LogP contribution >= 0.6 is 22.7 Å². The number of aryl methyl sites for hydroxylation is 2. The first kappa shape index (κ1) is 14.2. The van der Waals surface area contributed by atoms with Gasteiger partial charge in [-0.3, -0.25) is 0 Å². The Hall–Kier alpha value is -0.780. The summed E-state index contributed by atoms with van der Waals surface area (Å²) in [4.78, 5) is 1.56. The SMILES string of the molecule is CCNCCCc1nnc(C2CCCc3sccc32)s1. The lowest BCUT2D eigenvalue weighted by Crippen LogP contribution is -2.14. The number of nitrogens with one attached hydrogen (secondary N) is 1. The van der Waals surface area contributed by atoms with Crippen LogP contribution in [0, 0.1) is 0 Å². The Morgan fingerprint density at radius 1 is 1.40 bits per heavy atom. The van der Waals surface area contributed by atoms with Gasteiger partial charge in [-0.25, -0.2) is 0 Å². The van der Waals surface area contributed by atoms with Gasteiger partial charge in [0, 0.05) is 17.2 Å². The molecule has 108 valence electrons. The van der Waals surface area contributed by atoms with Crippen LogP contribution in [0.2, 0.25) is 0 Å². The summed E-state index contributed by atoms with van der Waals surface area (Å²) in [5.41, 5.74) is 1.51. The number of nitrogens with zero attached hydrogens (tertiary/aromatic N) is 2. The van der Waals surface area contributed by atoms with Crippen molar-refractivity contribution >= 4 is 22.7 Å². The lowest BCUT2D eigenvalue weighted by molar-refractivity contribution is 0.617. The van der Waals surface area contributed by atoms with Crippen LogP contribution < -0.4 is 5.32 Å². The van der Waals surface area contributed by atoms with Gasteiger partial charge < -0.3 is 5.32 Å². The number of hydrogen-bond donors (Lipinski definition) is 1. The molecule has 2 heterocycles. The van der Waals surface area contributed by atoms with Gasteiger partial charge in [0.05, 0.1) is 0 Å². The summed E-state index contributed by atoms with van der Waals surface area (Å²) in [6, 6.07) is 2.29. The highest BCUT2D eigenvalue weighted by molar-refractivity contribution is 7.11. The van der Waals surface area contributed by atoms with Gasteiger partial charge in [0.15, 0.2) is 0 Å². The molecule has 20 heavy (non-hydrogen) atoms. The van der Waals surface area contributed by atoms with Crippen LogP contribution in [0.15, 0.2) is 11.4 Å². The van der Waals surface area contributed by atoms with Gasteiger partial charge in [0.1, 0.15) is 10.0 Å². The Morgan fingerprint density at radius 3 is 3.25 bits per heavy atom. The molecule has 5 heteroatoms. The summed E-state index contributed by atoms with van der Waals surface area (Å²) in [7, 11) is 0. The fourth-order valence-electron chi connectivity index (χ4n) is 2.79. The highest BCUT2D eigenvalue weighted by Gasteiger charge is 2.25. The van der Waals surface area contributed by atoms with Gasteiger partial charge in [-0.05, 0) is 55.8 Å². The van der Waals surface area contributed by atoms with Crippen molar-refractivity contribution in [2.75, 3.05) is 13.1 Å². The average Bonchev–Trinajstić information content (AvgIpc) is 3.12. The zero-order valence-corrected chi connectivity index (χ0v) is 13.5. The minimum absolute atomic E-state index is 0.505. The van der Waals surface area contributed by atoms with Crippen LogP contribution in [0.4, 0.5) is 0 Å². The maximum absolute atomic E-state index is 4.47. The summed E-state index contributed by atoms with van der Waals surface area (Å²) >= 11 is 3.72. The van der Waals surface area contributed by atoms with E-state index >= 15 is 0 Å². The van der Waals surface area contributed by atoms with Crippen LogP contribution in [-0.4, -0.2) is 23.3 Å². The molecular formula is C15H21N3S2. The molecule has 1 aliphatic rings. The van der Waals surface area contributed by atoms with E-state index in [0.29, 0.717) is 5.92 Å². The highest BCUT2D eigenvalue weighted by Crippen LogP contribution is 2.40. The van der Waals surface area contributed by atoms with E-state index in [1.54, 1.807) is 4.88 Å². The Bertz CT molecular complexity index is 547. The maximum atomic E-state index is 4.47. The zero-order chi connectivity index (χ0) is 13.8. The van der Waals surface area contributed by atoms with E-state index < -0.39 is 0 Å². The maximum Gasteiger partial charge on any atom is 0.124 e. The van der Waals surface area contributed by atoms with Crippen molar-refractivity contribution in [2.24, 2.45) is 0 Å². The summed E-state index contributed by atoms with van der Waals surface area (Å²) < 4.78 is 0. The average molecular weight is 307 g/mol. The first-order valence-electron chi connectivity index (χ1n) is 7.47. The fourth-order valence-corrected chi connectivity index (χ4v) is 4.82. The topological polar surface area (TPSA) is 37.8 Å². The second-order valence-corrected chi connectivity index (χ2v) is 7.33. The number of fused-ring (bicyclic) bond motifs is 1. The van der Waals surface area contributed by atoms with Crippen LogP contribution in [-0.2, 0) is 12.8 Å². The predicted octanol–water partition coefficient (Wildman–Crippen LogP) is 3.61. The van der Waals surface area contributed by atoms with E-state index in [4.69, 9.17) is 0 Å². The number of hydrogen-bond acceptors (Lipinski definition) is 5. The van der Waals surface area contributed by atoms with Gasteiger partial charge in [0.25, 0.3) is 0 Å². The third-order valence-corrected chi connectivity index (χ3v) is 5.92. The van der Waals surface area contributed by atoms with Crippen molar-refractivity contribution in [1.29, 1.82) is 0 Å². The lowest BCUT2D eigenvalue weighted by Gasteiger charge is -2.19. The minimum Gasteiger partial charge on any atom is -0.317 e. The first-order valence-corrected chi connectivity index (χ1v) is 9.17. The molecule has 0 saturated heterocycles. The molecule has 0 amide bonds. The standard InChI is InChI=1S/C15H21N3S2/c1-2-16-9-4-7-14-17-18-15(20-14)12-5-3-6-13-11(12)8-10-19-13/h8,10,12,16H,2-7,9H2,1H3. The lowest BCUT2D eigenvalue weighted by atomic mass is 9.88. The number of rotatable bonds is 6. The minimum atomic E-state index is 0.505. The Labute approximate surface area is 128 Å². The molecule has 1 N–H and O–H groups in total. The molecule has 0 saturated carbocycles. The van der Waals surface area contributed by atoms with Crippen LogP contribution in [0.3, 0.4) is 0 Å². The van der Waals surface area contributed by atoms with Crippen molar-refractivity contribution in [1.82, 2.24) is 15.5 Å². The quantitative estimate of drug-likeness (QED) is 0.829. The molecule has 0 spiro atoms. The molecule has 0 aliphatic heterocycles.